The van der Waals surface area contributed by atoms with E-state index < -0.39 is 11.7 Å². The molecule has 1 aromatic carbocycles. The summed E-state index contributed by atoms with van der Waals surface area (Å²) in [4.78, 5) is 3.97. The third-order valence-corrected chi connectivity index (χ3v) is 2.48. The van der Waals surface area contributed by atoms with Gasteiger partial charge < -0.3 is 4.74 Å². The van der Waals surface area contributed by atoms with Crippen LogP contribution in [-0.4, -0.2) is 12.1 Å². The van der Waals surface area contributed by atoms with Gasteiger partial charge in [-0.15, -0.1) is 0 Å². The summed E-state index contributed by atoms with van der Waals surface area (Å²) in [6, 6.07) is 8.43. The highest BCUT2D eigenvalue weighted by Crippen LogP contribution is 2.36. The summed E-state index contributed by atoms with van der Waals surface area (Å²) in [7, 11) is 1.47. The Balaban J connectivity index is 2.50. The number of ether oxygens (including phenoxy) is 1. The first kappa shape index (κ1) is 12.4. The topological polar surface area (TPSA) is 22.1 Å². The fourth-order valence-electron chi connectivity index (χ4n) is 1.61. The van der Waals surface area contributed by atoms with Crippen molar-refractivity contribution in [3.05, 3.63) is 48.2 Å². The van der Waals surface area contributed by atoms with Gasteiger partial charge in [0.15, 0.2) is 0 Å². The van der Waals surface area contributed by atoms with Crippen molar-refractivity contribution in [3.8, 4) is 17.0 Å². The predicted molar refractivity (Wildman–Crippen MR) is 61.2 cm³/mol. The molecular formula is C13H10F3NO. The van der Waals surface area contributed by atoms with Crippen LogP contribution in [0.2, 0.25) is 0 Å². The first-order valence-corrected chi connectivity index (χ1v) is 5.19. The van der Waals surface area contributed by atoms with E-state index in [0.717, 1.165) is 6.07 Å². The Morgan fingerprint density at radius 1 is 1.06 bits per heavy atom. The van der Waals surface area contributed by atoms with Crippen molar-refractivity contribution in [1.29, 1.82) is 0 Å². The zero-order valence-corrected chi connectivity index (χ0v) is 9.53. The van der Waals surface area contributed by atoms with E-state index in [-0.39, 0.29) is 11.3 Å². The van der Waals surface area contributed by atoms with Gasteiger partial charge in [0.05, 0.1) is 24.6 Å². The lowest BCUT2D eigenvalue weighted by molar-refractivity contribution is -0.137. The summed E-state index contributed by atoms with van der Waals surface area (Å²) in [6.45, 7) is 0. The average molecular weight is 253 g/mol. The number of pyridine rings is 1. The molecule has 0 saturated heterocycles. The van der Waals surface area contributed by atoms with E-state index in [9.17, 15) is 13.2 Å². The molecule has 0 unspecified atom stereocenters. The van der Waals surface area contributed by atoms with E-state index in [1.165, 1.54) is 31.5 Å². The molecule has 0 aliphatic rings. The third-order valence-electron chi connectivity index (χ3n) is 2.48. The number of halogens is 3. The summed E-state index contributed by atoms with van der Waals surface area (Å²) < 4.78 is 43.4. The van der Waals surface area contributed by atoms with Gasteiger partial charge in [0.25, 0.3) is 0 Å². The van der Waals surface area contributed by atoms with E-state index in [1.807, 2.05) is 0 Å². The first-order chi connectivity index (χ1) is 8.52. The van der Waals surface area contributed by atoms with Crippen molar-refractivity contribution in [2.45, 2.75) is 6.18 Å². The fraction of sp³-hybridized carbons (Fsp3) is 0.154. The second kappa shape index (κ2) is 4.68. The highest BCUT2D eigenvalue weighted by atomic mass is 19.4. The molecule has 0 saturated carbocycles. The largest absolute Gasteiger partial charge is 0.495 e. The molecular weight excluding hydrogens is 243 g/mol. The van der Waals surface area contributed by atoms with E-state index in [2.05, 4.69) is 4.98 Å². The Hall–Kier alpha value is -2.04. The van der Waals surface area contributed by atoms with E-state index in [0.29, 0.717) is 5.75 Å². The SMILES string of the molecule is COc1ccc(-c2ccccc2C(F)(F)F)nc1. The number of aromatic nitrogens is 1. The summed E-state index contributed by atoms with van der Waals surface area (Å²) in [5.74, 6) is 0.503. The smallest absolute Gasteiger partial charge is 0.417 e. The monoisotopic (exact) mass is 253 g/mol. The molecule has 0 aliphatic heterocycles. The molecule has 0 atom stereocenters. The number of methoxy groups -OCH3 is 1. The van der Waals surface area contributed by atoms with Crippen molar-refractivity contribution in [3.63, 3.8) is 0 Å². The van der Waals surface area contributed by atoms with E-state index >= 15 is 0 Å². The summed E-state index contributed by atoms with van der Waals surface area (Å²) in [6.07, 6.45) is -3.00. The van der Waals surface area contributed by atoms with Crippen molar-refractivity contribution in [2.75, 3.05) is 7.11 Å². The van der Waals surface area contributed by atoms with Crippen molar-refractivity contribution in [2.24, 2.45) is 0 Å². The molecule has 0 amide bonds. The van der Waals surface area contributed by atoms with Crippen LogP contribution in [0.25, 0.3) is 11.3 Å². The van der Waals surface area contributed by atoms with Crippen LogP contribution in [0.4, 0.5) is 13.2 Å². The molecule has 1 heterocycles. The highest BCUT2D eigenvalue weighted by molar-refractivity contribution is 5.64. The van der Waals surface area contributed by atoms with Crippen LogP contribution in [-0.2, 0) is 6.18 Å². The standard InChI is InChI=1S/C13H10F3NO/c1-18-9-6-7-12(17-8-9)10-4-2-3-5-11(10)13(14,15)16/h2-8H,1H3. The summed E-state index contributed by atoms with van der Waals surface area (Å²) in [5.41, 5.74) is -0.362. The Morgan fingerprint density at radius 3 is 2.33 bits per heavy atom. The number of hydrogen-bond acceptors (Lipinski definition) is 2. The Bertz CT molecular complexity index is 535. The number of rotatable bonds is 2. The highest BCUT2D eigenvalue weighted by Gasteiger charge is 2.33. The lowest BCUT2D eigenvalue weighted by Crippen LogP contribution is -2.07. The van der Waals surface area contributed by atoms with Crippen molar-refractivity contribution >= 4 is 0 Å². The molecule has 0 radical (unpaired) electrons. The number of nitrogens with zero attached hydrogens (tertiary/aromatic N) is 1. The van der Waals surface area contributed by atoms with Gasteiger partial charge in [-0.3, -0.25) is 4.98 Å². The maximum Gasteiger partial charge on any atom is 0.417 e. The average Bonchev–Trinajstić information content (AvgIpc) is 2.38. The molecule has 18 heavy (non-hydrogen) atoms. The van der Waals surface area contributed by atoms with Crippen LogP contribution in [0.15, 0.2) is 42.6 Å². The molecule has 0 spiro atoms. The van der Waals surface area contributed by atoms with Gasteiger partial charge in [0, 0.05) is 5.56 Å². The minimum absolute atomic E-state index is 0.0626. The number of alkyl halides is 3. The molecule has 1 aromatic heterocycles. The molecule has 0 bridgehead atoms. The third kappa shape index (κ3) is 2.45. The van der Waals surface area contributed by atoms with Crippen LogP contribution in [0.5, 0.6) is 5.75 Å². The van der Waals surface area contributed by atoms with Crippen LogP contribution in [0, 0.1) is 0 Å². The second-order valence-electron chi connectivity index (χ2n) is 3.63. The Labute approximate surface area is 102 Å². The van der Waals surface area contributed by atoms with Gasteiger partial charge in [-0.05, 0) is 18.2 Å². The van der Waals surface area contributed by atoms with Gasteiger partial charge in [-0.2, -0.15) is 13.2 Å². The normalized spacial score (nSPS) is 11.3. The minimum Gasteiger partial charge on any atom is -0.495 e. The first-order valence-electron chi connectivity index (χ1n) is 5.19. The second-order valence-corrected chi connectivity index (χ2v) is 3.63. The molecule has 2 nitrogen and oxygen atoms in total. The summed E-state index contributed by atoms with van der Waals surface area (Å²) in [5, 5.41) is 0. The van der Waals surface area contributed by atoms with Crippen LogP contribution in [0.3, 0.4) is 0 Å². The minimum atomic E-state index is -4.39. The van der Waals surface area contributed by atoms with Crippen molar-refractivity contribution < 1.29 is 17.9 Å². The van der Waals surface area contributed by atoms with Gasteiger partial charge in [0.2, 0.25) is 0 Å². The lowest BCUT2D eigenvalue weighted by atomic mass is 10.0. The maximum absolute atomic E-state index is 12.8. The Morgan fingerprint density at radius 2 is 1.78 bits per heavy atom. The maximum atomic E-state index is 12.8. The molecule has 0 N–H and O–H groups in total. The van der Waals surface area contributed by atoms with Gasteiger partial charge in [-0.25, -0.2) is 0 Å². The molecule has 5 heteroatoms. The zero-order chi connectivity index (χ0) is 13.2. The quantitative estimate of drug-likeness (QED) is 0.812. The van der Waals surface area contributed by atoms with Crippen LogP contribution >= 0.6 is 0 Å². The Kier molecular flexibility index (Phi) is 3.23. The molecule has 0 fully saturated rings. The predicted octanol–water partition coefficient (Wildman–Crippen LogP) is 3.78. The molecule has 0 aliphatic carbocycles. The number of hydrogen-bond donors (Lipinski definition) is 0. The number of benzene rings is 1. The lowest BCUT2D eigenvalue weighted by Gasteiger charge is -2.12. The van der Waals surface area contributed by atoms with Gasteiger partial charge in [0.1, 0.15) is 5.75 Å². The van der Waals surface area contributed by atoms with E-state index in [1.54, 1.807) is 12.1 Å². The van der Waals surface area contributed by atoms with Crippen LogP contribution < -0.4 is 4.74 Å². The van der Waals surface area contributed by atoms with Crippen LogP contribution in [0.1, 0.15) is 5.56 Å². The van der Waals surface area contributed by atoms with Gasteiger partial charge >= 0.3 is 6.18 Å². The molecule has 2 aromatic rings. The summed E-state index contributed by atoms with van der Waals surface area (Å²) >= 11 is 0. The van der Waals surface area contributed by atoms with Gasteiger partial charge in [-0.1, -0.05) is 18.2 Å². The van der Waals surface area contributed by atoms with Crippen molar-refractivity contribution in [1.82, 2.24) is 4.98 Å². The molecule has 2 rings (SSSR count). The van der Waals surface area contributed by atoms with E-state index in [4.69, 9.17) is 4.74 Å². The zero-order valence-electron chi connectivity index (χ0n) is 9.53. The fourth-order valence-corrected chi connectivity index (χ4v) is 1.61. The molecule has 94 valence electrons.